The van der Waals surface area contributed by atoms with Crippen molar-refractivity contribution in [3.63, 3.8) is 0 Å². The lowest BCUT2D eigenvalue weighted by Gasteiger charge is -1.98. The zero-order chi connectivity index (χ0) is 7.56. The Balaban J connectivity index is 2.81. The smallest absolute Gasteiger partial charge is 0.121 e. The van der Waals surface area contributed by atoms with Crippen molar-refractivity contribution < 1.29 is 0 Å². The van der Waals surface area contributed by atoms with Gasteiger partial charge in [-0.25, -0.2) is 4.68 Å². The summed E-state index contributed by atoms with van der Waals surface area (Å²) in [7, 11) is 0. The van der Waals surface area contributed by atoms with E-state index in [4.69, 9.17) is 5.73 Å². The van der Waals surface area contributed by atoms with Gasteiger partial charge in [0.1, 0.15) is 5.82 Å². The van der Waals surface area contributed by atoms with Crippen LogP contribution in [0.4, 0.5) is 5.82 Å². The van der Waals surface area contributed by atoms with Crippen molar-refractivity contribution in [3.8, 4) is 0 Å². The molecule has 0 bridgehead atoms. The van der Waals surface area contributed by atoms with E-state index >= 15 is 0 Å². The molecule has 1 aromatic rings. The summed E-state index contributed by atoms with van der Waals surface area (Å²) < 4.78 is 1.83. The second kappa shape index (κ2) is 2.73. The number of rotatable bonds is 2. The molecule has 0 fully saturated rings. The van der Waals surface area contributed by atoms with Crippen molar-refractivity contribution in [2.24, 2.45) is 0 Å². The fraction of sp³-hybridized carbons (Fsp3) is 0.571. The molecule has 3 nitrogen and oxygen atoms in total. The van der Waals surface area contributed by atoms with Crippen LogP contribution < -0.4 is 5.73 Å². The summed E-state index contributed by atoms with van der Waals surface area (Å²) in [5, 5.41) is 4.19. The van der Waals surface area contributed by atoms with Crippen molar-refractivity contribution in [2.45, 2.75) is 26.8 Å². The normalized spacial score (nSPS) is 10.2. The van der Waals surface area contributed by atoms with Gasteiger partial charge < -0.3 is 5.73 Å². The Hall–Kier alpha value is -0.990. The fourth-order valence-electron chi connectivity index (χ4n) is 0.956. The van der Waals surface area contributed by atoms with E-state index in [0.29, 0.717) is 0 Å². The van der Waals surface area contributed by atoms with Crippen molar-refractivity contribution in [1.29, 1.82) is 0 Å². The van der Waals surface area contributed by atoms with Gasteiger partial charge in [-0.3, -0.25) is 0 Å². The van der Waals surface area contributed by atoms with Gasteiger partial charge in [0.15, 0.2) is 0 Å². The van der Waals surface area contributed by atoms with Crippen LogP contribution in [0.5, 0.6) is 0 Å². The van der Waals surface area contributed by atoms with Gasteiger partial charge in [-0.2, -0.15) is 5.10 Å². The zero-order valence-corrected chi connectivity index (χ0v) is 6.46. The standard InChI is InChI=1S/C7H13N3/c1-3-4-10-7(8)5-6(2)9-10/h5H,3-4,8H2,1-2H3. The minimum Gasteiger partial charge on any atom is -0.384 e. The van der Waals surface area contributed by atoms with Gasteiger partial charge in [0, 0.05) is 12.6 Å². The molecule has 56 valence electrons. The van der Waals surface area contributed by atoms with Gasteiger partial charge in [-0.15, -0.1) is 0 Å². The molecule has 0 saturated heterocycles. The monoisotopic (exact) mass is 139 g/mol. The molecule has 0 atom stereocenters. The zero-order valence-electron chi connectivity index (χ0n) is 6.46. The molecule has 1 heterocycles. The quantitative estimate of drug-likeness (QED) is 0.668. The predicted octanol–water partition coefficient (Wildman–Crippen LogP) is 1.18. The van der Waals surface area contributed by atoms with E-state index in [1.54, 1.807) is 0 Å². The maximum absolute atomic E-state index is 5.63. The van der Waals surface area contributed by atoms with Crippen LogP contribution in [0.25, 0.3) is 0 Å². The number of nitrogen functional groups attached to an aromatic ring is 1. The maximum atomic E-state index is 5.63. The number of hydrogen-bond acceptors (Lipinski definition) is 2. The SMILES string of the molecule is CCCn1nc(C)cc1N. The minimum atomic E-state index is 0.763. The maximum Gasteiger partial charge on any atom is 0.121 e. The lowest BCUT2D eigenvalue weighted by molar-refractivity contribution is 0.606. The first-order valence-electron chi connectivity index (χ1n) is 3.54. The number of nitrogens with zero attached hydrogens (tertiary/aromatic N) is 2. The molecule has 10 heavy (non-hydrogen) atoms. The molecule has 2 N–H and O–H groups in total. The highest BCUT2D eigenvalue weighted by molar-refractivity contribution is 5.29. The summed E-state index contributed by atoms with van der Waals surface area (Å²) in [5.74, 6) is 0.763. The van der Waals surface area contributed by atoms with Gasteiger partial charge in [0.2, 0.25) is 0 Å². The van der Waals surface area contributed by atoms with Gasteiger partial charge in [-0.1, -0.05) is 6.92 Å². The van der Waals surface area contributed by atoms with Gasteiger partial charge in [0.05, 0.1) is 5.69 Å². The number of anilines is 1. The van der Waals surface area contributed by atoms with Crippen LogP contribution in [0, 0.1) is 6.92 Å². The van der Waals surface area contributed by atoms with Crippen molar-refractivity contribution >= 4 is 5.82 Å². The summed E-state index contributed by atoms with van der Waals surface area (Å²) in [4.78, 5) is 0. The van der Waals surface area contributed by atoms with Crippen LogP contribution in [0.3, 0.4) is 0 Å². The van der Waals surface area contributed by atoms with Gasteiger partial charge in [-0.05, 0) is 13.3 Å². The second-order valence-electron chi connectivity index (χ2n) is 2.43. The molecule has 0 unspecified atom stereocenters. The van der Waals surface area contributed by atoms with Crippen LogP contribution in [0.1, 0.15) is 19.0 Å². The molecule has 1 rings (SSSR count). The van der Waals surface area contributed by atoms with Crippen LogP contribution in [0.2, 0.25) is 0 Å². The Morgan fingerprint density at radius 2 is 2.40 bits per heavy atom. The molecule has 0 saturated carbocycles. The second-order valence-corrected chi connectivity index (χ2v) is 2.43. The van der Waals surface area contributed by atoms with Crippen LogP contribution in [-0.4, -0.2) is 9.78 Å². The van der Waals surface area contributed by atoms with Crippen molar-refractivity contribution in [2.75, 3.05) is 5.73 Å². The third-order valence-electron chi connectivity index (χ3n) is 1.37. The molecule has 1 aromatic heterocycles. The molecule has 0 radical (unpaired) electrons. The summed E-state index contributed by atoms with van der Waals surface area (Å²) in [5.41, 5.74) is 6.62. The Labute approximate surface area is 60.8 Å². The molecule has 0 spiro atoms. The summed E-state index contributed by atoms with van der Waals surface area (Å²) in [6.45, 7) is 4.97. The highest BCUT2D eigenvalue weighted by Gasteiger charge is 1.97. The van der Waals surface area contributed by atoms with Gasteiger partial charge in [0.25, 0.3) is 0 Å². The van der Waals surface area contributed by atoms with E-state index in [9.17, 15) is 0 Å². The van der Waals surface area contributed by atoms with E-state index in [1.165, 1.54) is 0 Å². The number of hydrogen-bond donors (Lipinski definition) is 1. The average Bonchev–Trinajstić information content (AvgIpc) is 2.13. The molecular weight excluding hydrogens is 126 g/mol. The fourth-order valence-corrected chi connectivity index (χ4v) is 0.956. The summed E-state index contributed by atoms with van der Waals surface area (Å²) in [6, 6.07) is 1.88. The van der Waals surface area contributed by atoms with E-state index < -0.39 is 0 Å². The first kappa shape index (κ1) is 7.12. The van der Waals surface area contributed by atoms with E-state index in [-0.39, 0.29) is 0 Å². The molecule has 0 aliphatic rings. The number of nitrogens with two attached hydrogens (primary N) is 1. The molecular formula is C7H13N3. The third kappa shape index (κ3) is 1.29. The minimum absolute atomic E-state index is 0.763. The summed E-state index contributed by atoms with van der Waals surface area (Å²) in [6.07, 6.45) is 1.07. The van der Waals surface area contributed by atoms with Crippen LogP contribution >= 0.6 is 0 Å². The lowest BCUT2D eigenvalue weighted by atomic mass is 10.4. The molecule has 0 amide bonds. The molecule has 0 aliphatic carbocycles. The Bertz CT molecular complexity index is 215. The molecule has 0 aliphatic heterocycles. The highest BCUT2D eigenvalue weighted by Crippen LogP contribution is 2.04. The Kier molecular flexibility index (Phi) is 1.94. The lowest BCUT2D eigenvalue weighted by Crippen LogP contribution is -2.03. The third-order valence-corrected chi connectivity index (χ3v) is 1.37. The molecule has 0 aromatic carbocycles. The van der Waals surface area contributed by atoms with E-state index in [0.717, 1.165) is 24.5 Å². The first-order chi connectivity index (χ1) is 4.74. The predicted molar refractivity (Wildman–Crippen MR) is 41.7 cm³/mol. The molecule has 3 heteroatoms. The topological polar surface area (TPSA) is 43.8 Å². The van der Waals surface area contributed by atoms with E-state index in [1.807, 2.05) is 17.7 Å². The van der Waals surface area contributed by atoms with Crippen LogP contribution in [0.15, 0.2) is 6.07 Å². The Morgan fingerprint density at radius 3 is 2.80 bits per heavy atom. The largest absolute Gasteiger partial charge is 0.384 e. The van der Waals surface area contributed by atoms with Gasteiger partial charge >= 0.3 is 0 Å². The van der Waals surface area contributed by atoms with Crippen molar-refractivity contribution in [1.82, 2.24) is 9.78 Å². The van der Waals surface area contributed by atoms with E-state index in [2.05, 4.69) is 12.0 Å². The summed E-state index contributed by atoms with van der Waals surface area (Å²) >= 11 is 0. The highest BCUT2D eigenvalue weighted by atomic mass is 15.3. The average molecular weight is 139 g/mol. The Morgan fingerprint density at radius 1 is 1.70 bits per heavy atom. The number of aromatic nitrogens is 2. The van der Waals surface area contributed by atoms with Crippen molar-refractivity contribution in [3.05, 3.63) is 11.8 Å². The van der Waals surface area contributed by atoms with Crippen LogP contribution in [-0.2, 0) is 6.54 Å². The number of aryl methyl sites for hydroxylation is 2. The first-order valence-corrected chi connectivity index (χ1v) is 3.54.